The van der Waals surface area contributed by atoms with Crippen LogP contribution in [-0.2, 0) is 0 Å². The van der Waals surface area contributed by atoms with Crippen LogP contribution in [0.4, 0.5) is 9.80 Å². The molecule has 1 aromatic rings. The smallest absolute Gasteiger partial charge is 0.338 e. The lowest BCUT2D eigenvalue weighted by atomic mass is 9.76. The van der Waals surface area contributed by atoms with Gasteiger partial charge in [0.1, 0.15) is 5.00 Å². The number of rotatable bonds is 4. The third kappa shape index (κ3) is 3.72. The van der Waals surface area contributed by atoms with Crippen molar-refractivity contribution in [1.29, 1.82) is 0 Å². The first-order valence-corrected chi connectivity index (χ1v) is 7.74. The van der Waals surface area contributed by atoms with E-state index in [4.69, 9.17) is 5.11 Å². The van der Waals surface area contributed by atoms with Gasteiger partial charge in [0.2, 0.25) is 0 Å². The third-order valence-electron chi connectivity index (χ3n) is 3.86. The lowest BCUT2D eigenvalue weighted by Crippen LogP contribution is -2.39. The number of carboxylic acid groups (broad SMARTS) is 1. The second kappa shape index (κ2) is 6.26. The summed E-state index contributed by atoms with van der Waals surface area (Å²) >= 11 is 1.21. The summed E-state index contributed by atoms with van der Waals surface area (Å²) in [5.74, 6) is -1.03. The van der Waals surface area contributed by atoms with Gasteiger partial charge < -0.3 is 10.4 Å². The number of urea groups is 1. The van der Waals surface area contributed by atoms with Gasteiger partial charge in [-0.1, -0.05) is 26.2 Å². The molecular formula is C14H20N2O3S. The van der Waals surface area contributed by atoms with Crippen LogP contribution in [0.25, 0.3) is 0 Å². The van der Waals surface area contributed by atoms with Crippen molar-refractivity contribution < 1.29 is 14.7 Å². The Morgan fingerprint density at radius 3 is 2.70 bits per heavy atom. The van der Waals surface area contributed by atoms with Gasteiger partial charge in [-0.15, -0.1) is 11.3 Å². The summed E-state index contributed by atoms with van der Waals surface area (Å²) in [6, 6.07) is 1.16. The highest BCUT2D eigenvalue weighted by atomic mass is 32.1. The zero-order valence-electron chi connectivity index (χ0n) is 11.6. The van der Waals surface area contributed by atoms with Crippen LogP contribution in [0.3, 0.4) is 0 Å². The number of carboxylic acids is 1. The Kier molecular flexibility index (Phi) is 4.65. The first kappa shape index (κ1) is 14.8. The van der Waals surface area contributed by atoms with Crippen molar-refractivity contribution in [3.63, 3.8) is 0 Å². The number of amides is 2. The Morgan fingerprint density at radius 1 is 1.35 bits per heavy atom. The largest absolute Gasteiger partial charge is 0.478 e. The number of aromatic carboxylic acids is 1. The molecule has 0 saturated heterocycles. The first-order valence-electron chi connectivity index (χ1n) is 6.86. The van der Waals surface area contributed by atoms with E-state index >= 15 is 0 Å². The third-order valence-corrected chi connectivity index (χ3v) is 4.69. The molecule has 6 heteroatoms. The van der Waals surface area contributed by atoms with E-state index in [1.807, 2.05) is 0 Å². The van der Waals surface area contributed by atoms with Gasteiger partial charge in [0.15, 0.2) is 0 Å². The van der Waals surface area contributed by atoms with Gasteiger partial charge in [-0.3, -0.25) is 5.32 Å². The summed E-state index contributed by atoms with van der Waals surface area (Å²) in [5.41, 5.74) is 0.301. The monoisotopic (exact) mass is 296 g/mol. The summed E-state index contributed by atoms with van der Waals surface area (Å²) in [7, 11) is 0. The normalized spacial score (nSPS) is 17.4. The van der Waals surface area contributed by atoms with Crippen LogP contribution in [0.15, 0.2) is 11.4 Å². The minimum atomic E-state index is -1.03. The molecule has 1 saturated carbocycles. The number of anilines is 1. The van der Waals surface area contributed by atoms with E-state index in [0.717, 1.165) is 12.8 Å². The summed E-state index contributed by atoms with van der Waals surface area (Å²) in [6.45, 7) is 2.83. The Hall–Kier alpha value is -1.56. The molecular weight excluding hydrogens is 276 g/mol. The molecule has 20 heavy (non-hydrogen) atoms. The lowest BCUT2D eigenvalue weighted by Gasteiger charge is -2.33. The van der Waals surface area contributed by atoms with Crippen molar-refractivity contribution in [2.24, 2.45) is 5.41 Å². The van der Waals surface area contributed by atoms with Gasteiger partial charge >= 0.3 is 12.0 Å². The van der Waals surface area contributed by atoms with E-state index in [9.17, 15) is 9.59 Å². The fourth-order valence-corrected chi connectivity index (χ4v) is 3.37. The highest BCUT2D eigenvalue weighted by Gasteiger charge is 2.27. The maximum absolute atomic E-state index is 11.9. The second-order valence-electron chi connectivity index (χ2n) is 5.65. The molecule has 0 radical (unpaired) electrons. The van der Waals surface area contributed by atoms with Crippen molar-refractivity contribution in [2.75, 3.05) is 11.9 Å². The molecule has 2 amide bonds. The number of carbonyl (C=O) groups is 2. The van der Waals surface area contributed by atoms with Crippen LogP contribution in [0.5, 0.6) is 0 Å². The molecule has 0 bridgehead atoms. The standard InChI is InChI=1S/C14H20N2O3S/c1-14(6-3-2-4-7-14)9-15-13(19)16-11-10(12(17)18)5-8-20-11/h5,8H,2-4,6-7,9H2,1H3,(H,17,18)(H2,15,16,19). The predicted molar refractivity (Wildman–Crippen MR) is 79.5 cm³/mol. The number of hydrogen-bond acceptors (Lipinski definition) is 3. The van der Waals surface area contributed by atoms with Gasteiger partial charge in [0.05, 0.1) is 5.56 Å². The van der Waals surface area contributed by atoms with E-state index in [-0.39, 0.29) is 17.0 Å². The van der Waals surface area contributed by atoms with Gasteiger partial charge in [0.25, 0.3) is 0 Å². The van der Waals surface area contributed by atoms with E-state index in [1.54, 1.807) is 5.38 Å². The van der Waals surface area contributed by atoms with Crippen molar-refractivity contribution in [3.05, 3.63) is 17.0 Å². The fourth-order valence-electron chi connectivity index (χ4n) is 2.60. The van der Waals surface area contributed by atoms with Crippen LogP contribution >= 0.6 is 11.3 Å². The Labute approximate surface area is 122 Å². The molecule has 110 valence electrons. The van der Waals surface area contributed by atoms with Crippen LogP contribution in [0.1, 0.15) is 49.4 Å². The molecule has 2 rings (SSSR count). The molecule has 1 heterocycles. The molecule has 0 atom stereocenters. The first-order chi connectivity index (χ1) is 9.50. The van der Waals surface area contributed by atoms with E-state index in [0.29, 0.717) is 11.5 Å². The predicted octanol–water partition coefficient (Wildman–Crippen LogP) is 3.54. The molecule has 0 aliphatic heterocycles. The van der Waals surface area contributed by atoms with Gasteiger partial charge in [-0.2, -0.15) is 0 Å². The molecule has 1 aliphatic rings. The van der Waals surface area contributed by atoms with Crippen molar-refractivity contribution in [2.45, 2.75) is 39.0 Å². The Morgan fingerprint density at radius 2 is 2.05 bits per heavy atom. The zero-order valence-corrected chi connectivity index (χ0v) is 12.4. The average Bonchev–Trinajstić information content (AvgIpc) is 2.86. The zero-order chi connectivity index (χ0) is 14.6. The minimum absolute atomic E-state index is 0.133. The summed E-state index contributed by atoms with van der Waals surface area (Å²) in [6.07, 6.45) is 5.97. The number of thiophene rings is 1. The van der Waals surface area contributed by atoms with Crippen molar-refractivity contribution in [1.82, 2.24) is 5.32 Å². The summed E-state index contributed by atoms with van der Waals surface area (Å²) < 4.78 is 0. The average molecular weight is 296 g/mol. The maximum Gasteiger partial charge on any atom is 0.338 e. The molecule has 1 fully saturated rings. The maximum atomic E-state index is 11.9. The fraction of sp³-hybridized carbons (Fsp3) is 0.571. The highest BCUT2D eigenvalue weighted by Crippen LogP contribution is 2.35. The molecule has 3 N–H and O–H groups in total. The van der Waals surface area contributed by atoms with E-state index in [2.05, 4.69) is 17.6 Å². The molecule has 5 nitrogen and oxygen atoms in total. The van der Waals surface area contributed by atoms with E-state index in [1.165, 1.54) is 36.7 Å². The molecule has 0 spiro atoms. The lowest BCUT2D eigenvalue weighted by molar-refractivity contribution is 0.0698. The summed E-state index contributed by atoms with van der Waals surface area (Å²) in [5, 5.41) is 16.5. The Bertz CT molecular complexity index is 492. The number of carbonyl (C=O) groups excluding carboxylic acids is 1. The minimum Gasteiger partial charge on any atom is -0.478 e. The second-order valence-corrected chi connectivity index (χ2v) is 6.56. The molecule has 1 aliphatic carbocycles. The topological polar surface area (TPSA) is 78.4 Å². The SMILES string of the molecule is CC1(CNC(=O)Nc2sccc2C(=O)O)CCCCC1. The van der Waals surface area contributed by atoms with Gasteiger partial charge in [0, 0.05) is 6.54 Å². The van der Waals surface area contributed by atoms with Gasteiger partial charge in [-0.25, -0.2) is 9.59 Å². The summed E-state index contributed by atoms with van der Waals surface area (Å²) in [4.78, 5) is 22.8. The molecule has 1 aromatic heterocycles. The van der Waals surface area contributed by atoms with Crippen LogP contribution in [0.2, 0.25) is 0 Å². The number of nitrogens with one attached hydrogen (secondary N) is 2. The molecule has 0 unspecified atom stereocenters. The van der Waals surface area contributed by atoms with Crippen molar-refractivity contribution in [3.8, 4) is 0 Å². The van der Waals surface area contributed by atoms with Crippen molar-refractivity contribution >= 4 is 28.3 Å². The van der Waals surface area contributed by atoms with Gasteiger partial charge in [-0.05, 0) is 29.7 Å². The quantitative estimate of drug-likeness (QED) is 0.795. The highest BCUT2D eigenvalue weighted by molar-refractivity contribution is 7.14. The van der Waals surface area contributed by atoms with Crippen LogP contribution < -0.4 is 10.6 Å². The van der Waals surface area contributed by atoms with Crippen LogP contribution in [-0.4, -0.2) is 23.7 Å². The van der Waals surface area contributed by atoms with E-state index < -0.39 is 5.97 Å². The van der Waals surface area contributed by atoms with Crippen LogP contribution in [0, 0.1) is 5.41 Å². The Balaban J connectivity index is 1.86. The molecule has 0 aromatic carbocycles. The number of hydrogen-bond donors (Lipinski definition) is 3.